The van der Waals surface area contributed by atoms with Gasteiger partial charge in [0.1, 0.15) is 0 Å². The van der Waals surface area contributed by atoms with Gasteiger partial charge in [0.25, 0.3) is 0 Å². The maximum atomic E-state index is 11.6. The molecule has 0 bridgehead atoms. The lowest BCUT2D eigenvalue weighted by Crippen LogP contribution is -2.20. The molecule has 0 heterocycles. The van der Waals surface area contributed by atoms with Crippen LogP contribution in [0.15, 0.2) is 0 Å². The van der Waals surface area contributed by atoms with E-state index in [-0.39, 0.29) is 19.0 Å². The van der Waals surface area contributed by atoms with Gasteiger partial charge in [-0.25, -0.2) is 0 Å². The predicted octanol–water partition coefficient (Wildman–Crippen LogP) is 4.80. The zero-order valence-corrected chi connectivity index (χ0v) is 16.2. The molecule has 0 saturated carbocycles. The van der Waals surface area contributed by atoms with E-state index >= 15 is 0 Å². The van der Waals surface area contributed by atoms with Crippen molar-refractivity contribution in [3.8, 4) is 0 Å². The fourth-order valence-corrected chi connectivity index (χ4v) is 2.84. The van der Waals surface area contributed by atoms with Crippen molar-refractivity contribution in [2.24, 2.45) is 5.92 Å². The zero-order valence-electron chi connectivity index (χ0n) is 16.2. The van der Waals surface area contributed by atoms with Crippen molar-refractivity contribution in [2.75, 3.05) is 6.61 Å². The molecule has 0 aromatic carbocycles. The monoisotopic (exact) mass is 372 g/mol. The maximum Gasteiger partial charge on any atom is 0.307 e. The normalized spacial score (nSPS) is 11.9. The van der Waals surface area contributed by atoms with E-state index in [1.165, 1.54) is 51.4 Å². The molecule has 0 saturated heterocycles. The molecule has 1 unspecified atom stereocenters. The number of hydrogen-bond acceptors (Lipinski definition) is 4. The van der Waals surface area contributed by atoms with Crippen molar-refractivity contribution in [1.29, 1.82) is 0 Å². The highest BCUT2D eigenvalue weighted by Gasteiger charge is 2.21. The minimum atomic E-state index is -1.17. The van der Waals surface area contributed by atoms with E-state index in [0.29, 0.717) is 6.42 Å². The number of hydrogen-bond donors (Lipinski definition) is 2. The summed E-state index contributed by atoms with van der Waals surface area (Å²) in [5, 5.41) is 17.5. The molecule has 0 radical (unpaired) electrons. The van der Waals surface area contributed by atoms with E-state index in [0.717, 1.165) is 19.3 Å². The minimum Gasteiger partial charge on any atom is -0.481 e. The van der Waals surface area contributed by atoms with Gasteiger partial charge in [-0.15, -0.1) is 0 Å². The average Bonchev–Trinajstić information content (AvgIpc) is 2.58. The van der Waals surface area contributed by atoms with Gasteiger partial charge in [0.05, 0.1) is 18.9 Å². The Hall–Kier alpha value is -1.59. The number of carboxylic acid groups (broad SMARTS) is 2. The Morgan fingerprint density at radius 3 is 1.77 bits per heavy atom. The molecule has 0 aromatic rings. The quantitative estimate of drug-likeness (QED) is 0.265. The Balaban J connectivity index is 3.49. The molecule has 0 amide bonds. The summed E-state index contributed by atoms with van der Waals surface area (Å²) in [5.74, 6) is -3.68. The van der Waals surface area contributed by atoms with Crippen molar-refractivity contribution in [1.82, 2.24) is 0 Å². The number of carbonyl (C=O) groups is 3. The fraction of sp³-hybridized carbons (Fsp3) is 0.850. The molecule has 0 fully saturated rings. The van der Waals surface area contributed by atoms with Gasteiger partial charge in [0.2, 0.25) is 0 Å². The Kier molecular flexibility index (Phi) is 15.8. The highest BCUT2D eigenvalue weighted by molar-refractivity contribution is 5.77. The van der Waals surface area contributed by atoms with Crippen LogP contribution in [0.3, 0.4) is 0 Å². The van der Waals surface area contributed by atoms with Gasteiger partial charge in [0.15, 0.2) is 0 Å². The predicted molar refractivity (Wildman–Crippen MR) is 100 cm³/mol. The third-order valence-electron chi connectivity index (χ3n) is 4.48. The van der Waals surface area contributed by atoms with Crippen molar-refractivity contribution < 1.29 is 29.3 Å². The summed E-state index contributed by atoms with van der Waals surface area (Å²) >= 11 is 0. The number of carbonyl (C=O) groups excluding carboxylic acids is 1. The Bertz CT molecular complexity index is 394. The Morgan fingerprint density at radius 1 is 0.808 bits per heavy atom. The maximum absolute atomic E-state index is 11.6. The summed E-state index contributed by atoms with van der Waals surface area (Å²) in [6.45, 7) is 2.18. The van der Waals surface area contributed by atoms with Crippen LogP contribution in [0.2, 0.25) is 0 Å². The second-order valence-corrected chi connectivity index (χ2v) is 6.93. The Morgan fingerprint density at radius 2 is 1.31 bits per heavy atom. The first kappa shape index (κ1) is 24.4. The molecule has 0 rings (SSSR count). The number of unbranched alkanes of at least 4 members (excludes halogenated alkanes) is 10. The lowest BCUT2D eigenvalue weighted by Gasteiger charge is -2.10. The summed E-state index contributed by atoms with van der Waals surface area (Å²) < 4.78 is 5.00. The minimum absolute atomic E-state index is 0.0334. The first-order valence-corrected chi connectivity index (χ1v) is 10.1. The molecule has 0 aliphatic heterocycles. The van der Waals surface area contributed by atoms with E-state index in [1.54, 1.807) is 0 Å². The standard InChI is InChI=1S/C20H36O6/c1-2-3-4-5-6-7-8-9-10-11-12-13-19(23)26-15-14-17(20(24)25)16-18(21)22/h17H,2-16H2,1H3,(H,21,22)(H,24,25). The second-order valence-electron chi connectivity index (χ2n) is 6.93. The summed E-state index contributed by atoms with van der Waals surface area (Å²) in [7, 11) is 0. The molecule has 6 nitrogen and oxygen atoms in total. The zero-order chi connectivity index (χ0) is 19.6. The van der Waals surface area contributed by atoms with Crippen molar-refractivity contribution in [2.45, 2.75) is 96.8 Å². The highest BCUT2D eigenvalue weighted by atomic mass is 16.5. The number of aliphatic carboxylic acids is 2. The van der Waals surface area contributed by atoms with E-state index in [2.05, 4.69) is 6.92 Å². The summed E-state index contributed by atoms with van der Waals surface area (Å²) in [6.07, 6.45) is 13.2. The average molecular weight is 373 g/mol. The smallest absolute Gasteiger partial charge is 0.307 e. The largest absolute Gasteiger partial charge is 0.481 e. The molecule has 0 aliphatic carbocycles. The molecule has 152 valence electrons. The number of carboxylic acids is 2. The van der Waals surface area contributed by atoms with Crippen LogP contribution in [0.1, 0.15) is 96.8 Å². The lowest BCUT2D eigenvalue weighted by atomic mass is 10.0. The molecule has 2 N–H and O–H groups in total. The number of esters is 1. The van der Waals surface area contributed by atoms with Crippen molar-refractivity contribution in [3.05, 3.63) is 0 Å². The van der Waals surface area contributed by atoms with E-state index in [1.807, 2.05) is 0 Å². The summed E-state index contributed by atoms with van der Waals surface area (Å²) in [4.78, 5) is 33.1. The second kappa shape index (κ2) is 16.9. The van der Waals surface area contributed by atoms with Crippen LogP contribution in [0, 0.1) is 5.92 Å². The van der Waals surface area contributed by atoms with Gasteiger partial charge in [-0.1, -0.05) is 71.1 Å². The van der Waals surface area contributed by atoms with Crippen LogP contribution in [0.25, 0.3) is 0 Å². The summed E-state index contributed by atoms with van der Waals surface area (Å²) in [5.41, 5.74) is 0. The third-order valence-corrected chi connectivity index (χ3v) is 4.48. The van der Waals surface area contributed by atoms with Crippen LogP contribution in [0.5, 0.6) is 0 Å². The highest BCUT2D eigenvalue weighted by Crippen LogP contribution is 2.13. The van der Waals surface area contributed by atoms with Gasteiger partial charge in [-0.3, -0.25) is 14.4 Å². The van der Waals surface area contributed by atoms with Gasteiger partial charge in [-0.2, -0.15) is 0 Å². The molecular formula is C20H36O6. The first-order valence-electron chi connectivity index (χ1n) is 10.1. The van der Waals surface area contributed by atoms with Gasteiger partial charge >= 0.3 is 17.9 Å². The molecule has 1 atom stereocenters. The van der Waals surface area contributed by atoms with E-state index in [4.69, 9.17) is 14.9 Å². The van der Waals surface area contributed by atoms with Gasteiger partial charge < -0.3 is 14.9 Å². The SMILES string of the molecule is CCCCCCCCCCCCCC(=O)OCCC(CC(=O)O)C(=O)O. The fourth-order valence-electron chi connectivity index (χ4n) is 2.84. The molecular weight excluding hydrogens is 336 g/mol. The van der Waals surface area contributed by atoms with Gasteiger partial charge in [0, 0.05) is 6.42 Å². The summed E-state index contributed by atoms with van der Waals surface area (Å²) in [6, 6.07) is 0. The molecule has 0 spiro atoms. The topological polar surface area (TPSA) is 101 Å². The molecule has 0 aliphatic rings. The Labute approximate surface area is 157 Å². The first-order chi connectivity index (χ1) is 12.5. The van der Waals surface area contributed by atoms with Crippen LogP contribution < -0.4 is 0 Å². The van der Waals surface area contributed by atoms with Crippen LogP contribution >= 0.6 is 0 Å². The molecule has 0 aromatic heterocycles. The third kappa shape index (κ3) is 15.9. The van der Waals surface area contributed by atoms with Crippen LogP contribution in [-0.4, -0.2) is 34.7 Å². The van der Waals surface area contributed by atoms with Crippen LogP contribution in [0.4, 0.5) is 0 Å². The van der Waals surface area contributed by atoms with E-state index < -0.39 is 24.3 Å². The lowest BCUT2D eigenvalue weighted by molar-refractivity contribution is -0.151. The molecule has 6 heteroatoms. The van der Waals surface area contributed by atoms with Crippen molar-refractivity contribution in [3.63, 3.8) is 0 Å². The molecule has 26 heavy (non-hydrogen) atoms. The number of ether oxygens (including phenoxy) is 1. The van der Waals surface area contributed by atoms with Crippen LogP contribution in [-0.2, 0) is 19.1 Å². The van der Waals surface area contributed by atoms with E-state index in [9.17, 15) is 14.4 Å². The number of rotatable bonds is 18. The van der Waals surface area contributed by atoms with Gasteiger partial charge in [-0.05, 0) is 12.8 Å². The van der Waals surface area contributed by atoms with Crippen molar-refractivity contribution >= 4 is 17.9 Å².